The van der Waals surface area contributed by atoms with Crippen molar-refractivity contribution >= 4 is 77.2 Å². The summed E-state index contributed by atoms with van der Waals surface area (Å²) in [5, 5.41) is 2.62. The van der Waals surface area contributed by atoms with Crippen LogP contribution in [0.1, 0.15) is 7.43 Å². The van der Waals surface area contributed by atoms with E-state index >= 15 is 0 Å². The van der Waals surface area contributed by atoms with E-state index in [0.29, 0.717) is 10.7 Å². The first-order valence-electron chi connectivity index (χ1n) is 10.3. The number of aromatic amines is 2. The Bertz CT molecular complexity index is 1680. The molecule has 0 spiro atoms. The van der Waals surface area contributed by atoms with Crippen LogP contribution in [0.15, 0.2) is 76.2 Å². The van der Waals surface area contributed by atoms with Crippen LogP contribution in [-0.2, 0) is 0 Å². The number of H-pyrrole nitrogens is 2. The SMILES string of the molecule is C.Nc1ncc(Cl)c(-c2c[nH]c3ccc(Br)cc23)n1.Nc1nccc(-c2c[nH]c3ccc(Br)cc23)n1. The van der Waals surface area contributed by atoms with Gasteiger partial charge in [0.05, 0.1) is 22.6 Å². The summed E-state index contributed by atoms with van der Waals surface area (Å²) in [6, 6.07) is 13.9. The molecule has 6 N–H and O–H groups in total. The van der Waals surface area contributed by atoms with Crippen LogP contribution in [-0.4, -0.2) is 29.9 Å². The van der Waals surface area contributed by atoms with Crippen molar-refractivity contribution in [2.75, 3.05) is 11.5 Å². The molecular formula is C25H21Br2ClN8. The molecule has 0 aliphatic carbocycles. The Kier molecular flexibility index (Phi) is 7.58. The molecule has 6 rings (SSSR count). The highest BCUT2D eigenvalue weighted by Gasteiger charge is 2.12. The standard InChI is InChI=1S/C12H8BrClN4.C12H9BrN4.CH4/c13-6-1-2-10-7(3-6)8(4-16-10)11-9(14)5-17-12(15)18-11;13-7-1-2-10-8(5-7)9(6-16-10)11-3-4-15-12(14)17-11;/h1-5,16H,(H2,15,17,18);1-6,16H,(H2,14,15,17);1H4. The van der Waals surface area contributed by atoms with Crippen LogP contribution >= 0.6 is 43.5 Å². The Labute approximate surface area is 228 Å². The van der Waals surface area contributed by atoms with Gasteiger partial charge < -0.3 is 21.4 Å². The van der Waals surface area contributed by atoms with Gasteiger partial charge in [-0.2, -0.15) is 0 Å². The summed E-state index contributed by atoms with van der Waals surface area (Å²) in [5.74, 6) is 0.491. The number of rotatable bonds is 2. The molecule has 0 fully saturated rings. The third-order valence-electron chi connectivity index (χ3n) is 5.26. The highest BCUT2D eigenvalue weighted by atomic mass is 79.9. The van der Waals surface area contributed by atoms with Crippen molar-refractivity contribution < 1.29 is 0 Å². The van der Waals surface area contributed by atoms with Gasteiger partial charge in [0.1, 0.15) is 0 Å². The van der Waals surface area contributed by atoms with Crippen LogP contribution in [0, 0.1) is 0 Å². The predicted molar refractivity (Wildman–Crippen MR) is 155 cm³/mol. The molecule has 2 aromatic carbocycles. The monoisotopic (exact) mass is 626 g/mol. The predicted octanol–water partition coefficient (Wildman–Crippen LogP) is 7.23. The maximum Gasteiger partial charge on any atom is 0.220 e. The Morgan fingerprint density at radius 3 is 1.97 bits per heavy atom. The van der Waals surface area contributed by atoms with E-state index in [4.69, 9.17) is 23.1 Å². The van der Waals surface area contributed by atoms with E-state index in [1.807, 2.05) is 48.8 Å². The second-order valence-corrected chi connectivity index (χ2v) is 9.75. The van der Waals surface area contributed by atoms with Gasteiger partial charge in [0, 0.05) is 60.5 Å². The lowest BCUT2D eigenvalue weighted by Crippen LogP contribution is -1.96. The molecule has 8 nitrogen and oxygen atoms in total. The van der Waals surface area contributed by atoms with Crippen molar-refractivity contribution in [2.45, 2.75) is 7.43 Å². The third kappa shape index (κ3) is 5.20. The Balaban J connectivity index is 0.000000165. The Hall–Kier alpha value is -3.47. The summed E-state index contributed by atoms with van der Waals surface area (Å²) >= 11 is 13.0. The smallest absolute Gasteiger partial charge is 0.220 e. The molecule has 6 aromatic rings. The first-order chi connectivity index (χ1) is 16.9. The summed E-state index contributed by atoms with van der Waals surface area (Å²) < 4.78 is 2.03. The maximum absolute atomic E-state index is 6.12. The van der Waals surface area contributed by atoms with Crippen molar-refractivity contribution in [1.29, 1.82) is 0 Å². The van der Waals surface area contributed by atoms with Gasteiger partial charge in [0.15, 0.2) is 0 Å². The summed E-state index contributed by atoms with van der Waals surface area (Å²) in [4.78, 5) is 22.6. The molecule has 182 valence electrons. The highest BCUT2D eigenvalue weighted by Crippen LogP contribution is 2.33. The molecule has 0 bridgehead atoms. The number of halogens is 3. The number of fused-ring (bicyclic) bond motifs is 2. The van der Waals surface area contributed by atoms with Crippen molar-refractivity contribution in [1.82, 2.24) is 29.9 Å². The molecule has 11 heteroatoms. The average Bonchev–Trinajstić information content (AvgIpc) is 3.44. The normalized spacial score (nSPS) is 10.6. The number of benzene rings is 2. The molecule has 0 aliphatic heterocycles. The summed E-state index contributed by atoms with van der Waals surface area (Å²) in [5.41, 5.74) is 16.7. The minimum Gasteiger partial charge on any atom is -0.368 e. The topological polar surface area (TPSA) is 135 Å². The number of anilines is 2. The van der Waals surface area contributed by atoms with Crippen molar-refractivity contribution in [3.63, 3.8) is 0 Å². The van der Waals surface area contributed by atoms with Crippen molar-refractivity contribution in [2.24, 2.45) is 0 Å². The fourth-order valence-electron chi connectivity index (χ4n) is 3.69. The molecule has 0 atom stereocenters. The number of nitrogens with one attached hydrogen (secondary N) is 2. The first-order valence-corrected chi connectivity index (χ1v) is 12.3. The van der Waals surface area contributed by atoms with E-state index in [-0.39, 0.29) is 19.3 Å². The van der Waals surface area contributed by atoms with E-state index < -0.39 is 0 Å². The van der Waals surface area contributed by atoms with E-state index in [9.17, 15) is 0 Å². The van der Waals surface area contributed by atoms with E-state index in [0.717, 1.165) is 47.6 Å². The van der Waals surface area contributed by atoms with Crippen LogP contribution in [0.25, 0.3) is 44.3 Å². The van der Waals surface area contributed by atoms with Gasteiger partial charge in [-0.25, -0.2) is 19.9 Å². The zero-order chi connectivity index (χ0) is 24.5. The van der Waals surface area contributed by atoms with Gasteiger partial charge in [0.25, 0.3) is 0 Å². The minimum absolute atomic E-state index is 0. The molecule has 36 heavy (non-hydrogen) atoms. The second kappa shape index (κ2) is 10.7. The van der Waals surface area contributed by atoms with Crippen molar-refractivity contribution in [3.05, 3.63) is 81.2 Å². The third-order valence-corrected chi connectivity index (χ3v) is 6.52. The van der Waals surface area contributed by atoms with E-state index in [2.05, 4.69) is 67.8 Å². The molecule has 0 aliphatic rings. The summed E-state index contributed by atoms with van der Waals surface area (Å²) in [6.07, 6.45) is 6.97. The number of aromatic nitrogens is 6. The number of hydrogen-bond acceptors (Lipinski definition) is 6. The van der Waals surface area contributed by atoms with Crippen molar-refractivity contribution in [3.8, 4) is 22.5 Å². The molecular weight excluding hydrogens is 608 g/mol. The molecule has 4 aromatic heterocycles. The van der Waals surface area contributed by atoms with Gasteiger partial charge in [-0.1, -0.05) is 50.9 Å². The van der Waals surface area contributed by atoms with Gasteiger partial charge in [-0.05, 0) is 42.5 Å². The van der Waals surface area contributed by atoms with E-state index in [1.165, 1.54) is 6.20 Å². The average molecular weight is 629 g/mol. The lowest BCUT2D eigenvalue weighted by Gasteiger charge is -2.02. The van der Waals surface area contributed by atoms with Crippen LogP contribution in [0.5, 0.6) is 0 Å². The Morgan fingerprint density at radius 2 is 1.33 bits per heavy atom. The summed E-state index contributed by atoms with van der Waals surface area (Å²) in [7, 11) is 0. The zero-order valence-electron chi connectivity index (χ0n) is 17.9. The molecule has 0 saturated carbocycles. The van der Waals surface area contributed by atoms with Gasteiger partial charge >= 0.3 is 0 Å². The zero-order valence-corrected chi connectivity index (χ0v) is 21.9. The number of nitrogens with two attached hydrogens (primary N) is 2. The minimum atomic E-state index is 0. The fourth-order valence-corrected chi connectivity index (χ4v) is 4.60. The van der Waals surface area contributed by atoms with Gasteiger partial charge in [-0.3, -0.25) is 0 Å². The quantitative estimate of drug-likeness (QED) is 0.160. The number of nitrogens with zero attached hydrogens (tertiary/aromatic N) is 4. The first kappa shape index (κ1) is 25.6. The lowest BCUT2D eigenvalue weighted by molar-refractivity contribution is 1.19. The molecule has 0 amide bonds. The highest BCUT2D eigenvalue weighted by molar-refractivity contribution is 9.10. The van der Waals surface area contributed by atoms with Crippen LogP contribution in [0.3, 0.4) is 0 Å². The van der Waals surface area contributed by atoms with Crippen LogP contribution < -0.4 is 11.5 Å². The van der Waals surface area contributed by atoms with Crippen LogP contribution in [0.2, 0.25) is 5.02 Å². The largest absolute Gasteiger partial charge is 0.368 e. The number of nitrogen functional groups attached to an aromatic ring is 2. The number of hydrogen-bond donors (Lipinski definition) is 4. The Morgan fingerprint density at radius 1 is 0.750 bits per heavy atom. The van der Waals surface area contributed by atoms with Gasteiger partial charge in [-0.15, -0.1) is 0 Å². The lowest BCUT2D eigenvalue weighted by atomic mass is 10.1. The molecule has 0 saturated heterocycles. The van der Waals surface area contributed by atoms with Crippen LogP contribution in [0.4, 0.5) is 11.9 Å². The van der Waals surface area contributed by atoms with E-state index in [1.54, 1.807) is 6.20 Å². The summed E-state index contributed by atoms with van der Waals surface area (Å²) in [6.45, 7) is 0. The molecule has 4 heterocycles. The maximum atomic E-state index is 6.12. The molecule has 0 unspecified atom stereocenters. The van der Waals surface area contributed by atoms with Gasteiger partial charge in [0.2, 0.25) is 11.9 Å². The second-order valence-electron chi connectivity index (χ2n) is 7.51. The molecule has 0 radical (unpaired) electrons. The fraction of sp³-hybridized carbons (Fsp3) is 0.0400.